The lowest BCUT2D eigenvalue weighted by atomic mass is 10.1. The molecule has 0 bridgehead atoms. The molecule has 4 aromatic carbocycles. The number of amides is 1. The van der Waals surface area contributed by atoms with E-state index in [9.17, 15) is 10.1 Å². The first kappa shape index (κ1) is 28.6. The first-order chi connectivity index (χ1) is 19.3. The van der Waals surface area contributed by atoms with Gasteiger partial charge in [0, 0.05) is 10.7 Å². The van der Waals surface area contributed by atoms with Crippen molar-refractivity contribution in [2.24, 2.45) is 0 Å². The fourth-order valence-corrected chi connectivity index (χ4v) is 4.10. The molecule has 0 unspecified atom stereocenters. The van der Waals surface area contributed by atoms with Crippen molar-refractivity contribution in [3.05, 3.63) is 123 Å². The Kier molecular flexibility index (Phi) is 9.69. The molecule has 0 atom stereocenters. The van der Waals surface area contributed by atoms with Gasteiger partial charge in [-0.05, 0) is 78.2 Å². The molecule has 4 aromatic rings. The Morgan fingerprint density at radius 2 is 1.52 bits per heavy atom. The van der Waals surface area contributed by atoms with Gasteiger partial charge in [-0.2, -0.15) is 5.26 Å². The summed E-state index contributed by atoms with van der Waals surface area (Å²) in [5, 5.41) is 13.3. The largest absolute Gasteiger partial charge is 0.493 e. The Bertz CT molecular complexity index is 1540. The molecule has 0 radical (unpaired) electrons. The van der Waals surface area contributed by atoms with Gasteiger partial charge in [-0.25, -0.2) is 0 Å². The molecule has 40 heavy (non-hydrogen) atoms. The third kappa shape index (κ3) is 7.79. The summed E-state index contributed by atoms with van der Waals surface area (Å²) < 4.78 is 17.2. The molecule has 4 rings (SSSR count). The molecule has 1 N–H and O–H groups in total. The predicted octanol–water partition coefficient (Wildman–Crippen LogP) is 8.01. The number of rotatable bonds is 10. The highest BCUT2D eigenvalue weighted by atomic mass is 35.5. The van der Waals surface area contributed by atoms with E-state index < -0.39 is 5.91 Å². The van der Waals surface area contributed by atoms with Crippen molar-refractivity contribution in [2.75, 3.05) is 12.4 Å². The van der Waals surface area contributed by atoms with E-state index >= 15 is 0 Å². The fraction of sp³-hybridized carbons (Fsp3) is 0.125. The number of halogens is 2. The molecule has 0 fully saturated rings. The summed E-state index contributed by atoms with van der Waals surface area (Å²) in [6.45, 7) is 2.71. The molecule has 0 aromatic heterocycles. The molecule has 8 heteroatoms. The van der Waals surface area contributed by atoms with E-state index in [1.807, 2.05) is 49.4 Å². The molecule has 0 saturated heterocycles. The number of anilines is 1. The van der Waals surface area contributed by atoms with Crippen LogP contribution in [0.1, 0.15) is 22.3 Å². The lowest BCUT2D eigenvalue weighted by Gasteiger charge is -2.14. The summed E-state index contributed by atoms with van der Waals surface area (Å²) in [6, 6.07) is 27.5. The van der Waals surface area contributed by atoms with Crippen molar-refractivity contribution in [3.8, 4) is 23.3 Å². The summed E-state index contributed by atoms with van der Waals surface area (Å²) in [5.74, 6) is 0.837. The molecule has 202 valence electrons. The van der Waals surface area contributed by atoms with Gasteiger partial charge < -0.3 is 19.5 Å². The molecule has 0 aliphatic rings. The summed E-state index contributed by atoms with van der Waals surface area (Å²) in [7, 11) is 1.50. The average molecular weight is 573 g/mol. The second-order valence-corrected chi connectivity index (χ2v) is 9.72. The van der Waals surface area contributed by atoms with Crippen molar-refractivity contribution >= 4 is 40.9 Å². The minimum absolute atomic E-state index is 0.102. The molecule has 0 saturated carbocycles. The summed E-state index contributed by atoms with van der Waals surface area (Å²) in [4.78, 5) is 12.8. The standard InChI is InChI=1S/C32H26Cl2N2O4/c1-21-3-5-22(6-4-21)20-40-31-29(34)16-24(17-30(31)38-2)15-25(18-35)32(37)36-27-11-13-28(14-12-27)39-19-23-7-9-26(33)10-8-23/h3-17H,19-20H2,1-2H3,(H,36,37)/b25-15+. The first-order valence-electron chi connectivity index (χ1n) is 12.3. The molecular weight excluding hydrogens is 547 g/mol. The van der Waals surface area contributed by atoms with E-state index in [1.54, 1.807) is 48.5 Å². The molecule has 6 nitrogen and oxygen atoms in total. The van der Waals surface area contributed by atoms with Crippen LogP contribution in [0, 0.1) is 18.3 Å². The number of nitrogens with one attached hydrogen (secondary N) is 1. The van der Waals surface area contributed by atoms with Gasteiger partial charge in [0.1, 0.15) is 30.6 Å². The molecule has 1 amide bonds. The van der Waals surface area contributed by atoms with Crippen molar-refractivity contribution in [3.63, 3.8) is 0 Å². The number of hydrogen-bond acceptors (Lipinski definition) is 5. The lowest BCUT2D eigenvalue weighted by Crippen LogP contribution is -2.13. The van der Waals surface area contributed by atoms with Crippen LogP contribution in [0.5, 0.6) is 17.2 Å². The molecule has 0 spiro atoms. The molecule has 0 aliphatic carbocycles. The average Bonchev–Trinajstić information content (AvgIpc) is 2.96. The minimum Gasteiger partial charge on any atom is -0.493 e. The van der Waals surface area contributed by atoms with E-state index in [0.29, 0.717) is 51.8 Å². The van der Waals surface area contributed by atoms with Crippen LogP contribution in [0.3, 0.4) is 0 Å². The number of carbonyl (C=O) groups excluding carboxylic acids is 1. The van der Waals surface area contributed by atoms with Gasteiger partial charge in [0.15, 0.2) is 11.5 Å². The van der Waals surface area contributed by atoms with Gasteiger partial charge in [-0.1, -0.05) is 65.2 Å². The van der Waals surface area contributed by atoms with Crippen molar-refractivity contribution in [2.45, 2.75) is 20.1 Å². The topological polar surface area (TPSA) is 80.6 Å². The second kappa shape index (κ2) is 13.6. The van der Waals surface area contributed by atoms with Gasteiger partial charge in [0.05, 0.1) is 12.1 Å². The third-order valence-corrected chi connectivity index (χ3v) is 6.40. The van der Waals surface area contributed by atoms with Crippen LogP contribution in [0.15, 0.2) is 90.5 Å². The third-order valence-electron chi connectivity index (χ3n) is 5.86. The van der Waals surface area contributed by atoms with Crippen LogP contribution >= 0.6 is 23.2 Å². The quantitative estimate of drug-likeness (QED) is 0.154. The number of carbonyl (C=O) groups is 1. The van der Waals surface area contributed by atoms with Crippen molar-refractivity contribution in [1.29, 1.82) is 5.26 Å². The second-order valence-electron chi connectivity index (χ2n) is 8.87. The van der Waals surface area contributed by atoms with E-state index in [1.165, 1.54) is 13.2 Å². The number of methoxy groups -OCH3 is 1. The Hall–Kier alpha value is -4.44. The smallest absolute Gasteiger partial charge is 0.266 e. The van der Waals surface area contributed by atoms with E-state index in [2.05, 4.69) is 5.32 Å². The maximum atomic E-state index is 12.8. The number of benzene rings is 4. The van der Waals surface area contributed by atoms with E-state index in [0.717, 1.165) is 16.7 Å². The Labute approximate surface area is 243 Å². The van der Waals surface area contributed by atoms with Crippen LogP contribution in [0.4, 0.5) is 5.69 Å². The number of nitriles is 1. The Balaban J connectivity index is 1.41. The summed E-state index contributed by atoms with van der Waals surface area (Å²) >= 11 is 12.4. The van der Waals surface area contributed by atoms with E-state index in [4.69, 9.17) is 37.4 Å². The Morgan fingerprint density at radius 1 is 0.900 bits per heavy atom. The van der Waals surface area contributed by atoms with Gasteiger partial charge in [0.2, 0.25) is 0 Å². The van der Waals surface area contributed by atoms with Gasteiger partial charge in [-0.3, -0.25) is 4.79 Å². The van der Waals surface area contributed by atoms with Gasteiger partial charge >= 0.3 is 0 Å². The maximum Gasteiger partial charge on any atom is 0.266 e. The number of aryl methyl sites for hydroxylation is 1. The minimum atomic E-state index is -0.563. The number of ether oxygens (including phenoxy) is 3. The van der Waals surface area contributed by atoms with Crippen molar-refractivity contribution in [1.82, 2.24) is 0 Å². The summed E-state index contributed by atoms with van der Waals surface area (Å²) in [5.41, 5.74) is 4.05. The zero-order valence-corrected chi connectivity index (χ0v) is 23.4. The number of nitrogens with zero attached hydrogens (tertiary/aromatic N) is 1. The fourth-order valence-electron chi connectivity index (χ4n) is 3.70. The van der Waals surface area contributed by atoms with Crippen LogP contribution in [0.2, 0.25) is 10.0 Å². The molecule has 0 aliphatic heterocycles. The molecular formula is C32H26Cl2N2O4. The van der Waals surface area contributed by atoms with Gasteiger partial charge in [0.25, 0.3) is 5.91 Å². The van der Waals surface area contributed by atoms with E-state index in [-0.39, 0.29) is 5.57 Å². The monoisotopic (exact) mass is 572 g/mol. The van der Waals surface area contributed by atoms with Crippen LogP contribution < -0.4 is 19.5 Å². The van der Waals surface area contributed by atoms with Crippen LogP contribution in [-0.4, -0.2) is 13.0 Å². The van der Waals surface area contributed by atoms with Gasteiger partial charge in [-0.15, -0.1) is 0 Å². The maximum absolute atomic E-state index is 12.8. The van der Waals surface area contributed by atoms with Crippen LogP contribution in [0.25, 0.3) is 6.08 Å². The predicted molar refractivity (Wildman–Crippen MR) is 158 cm³/mol. The number of hydrogen-bond donors (Lipinski definition) is 1. The SMILES string of the molecule is COc1cc(/C=C(\C#N)C(=O)Nc2ccc(OCc3ccc(Cl)cc3)cc2)cc(Cl)c1OCc1ccc(C)cc1. The van der Waals surface area contributed by atoms with Crippen molar-refractivity contribution < 1.29 is 19.0 Å². The zero-order valence-electron chi connectivity index (χ0n) is 21.9. The molecule has 0 heterocycles. The zero-order chi connectivity index (χ0) is 28.5. The highest BCUT2D eigenvalue weighted by Crippen LogP contribution is 2.37. The highest BCUT2D eigenvalue weighted by molar-refractivity contribution is 6.32. The summed E-state index contributed by atoms with van der Waals surface area (Å²) in [6.07, 6.45) is 1.44. The first-order valence-corrected chi connectivity index (χ1v) is 13.1. The Morgan fingerprint density at radius 3 is 2.15 bits per heavy atom. The highest BCUT2D eigenvalue weighted by Gasteiger charge is 2.15. The van der Waals surface area contributed by atoms with Crippen LogP contribution in [-0.2, 0) is 18.0 Å². The normalized spacial score (nSPS) is 10.9. The lowest BCUT2D eigenvalue weighted by molar-refractivity contribution is -0.112.